The van der Waals surface area contributed by atoms with Gasteiger partial charge in [-0.3, -0.25) is 0 Å². The molecule has 2 N–H and O–H groups in total. The van der Waals surface area contributed by atoms with Crippen LogP contribution in [0.1, 0.15) is 52.6 Å². The van der Waals surface area contributed by atoms with E-state index in [1.165, 1.54) is 0 Å². The Morgan fingerprint density at radius 2 is 1.92 bits per heavy atom. The van der Waals surface area contributed by atoms with E-state index in [0.717, 1.165) is 12.0 Å². The zero-order valence-corrected chi connectivity index (χ0v) is 15.4. The molecule has 6 heteroatoms. The highest BCUT2D eigenvalue weighted by Gasteiger charge is 2.34. The molecule has 1 aromatic carbocycles. The molecule has 1 aliphatic rings. The summed E-state index contributed by atoms with van der Waals surface area (Å²) in [5, 5.41) is 5.46. The average Bonchev–Trinajstić information content (AvgIpc) is 2.53. The maximum Gasteiger partial charge on any atom is 0.338 e. The topological polar surface area (TPSA) is 76.7 Å². The Kier molecular flexibility index (Phi) is 6.07. The van der Waals surface area contributed by atoms with Crippen molar-refractivity contribution in [1.29, 1.82) is 0 Å². The summed E-state index contributed by atoms with van der Waals surface area (Å²) in [6, 6.07) is 6.40. The Labute approximate surface area is 148 Å². The minimum atomic E-state index is -0.625. The summed E-state index contributed by atoms with van der Waals surface area (Å²) in [5.74, 6) is 0.190. The number of ether oxygens (including phenoxy) is 2. The summed E-state index contributed by atoms with van der Waals surface area (Å²) < 4.78 is 11.3. The number of carbonyl (C=O) groups is 2. The van der Waals surface area contributed by atoms with Crippen LogP contribution in [0.3, 0.4) is 0 Å². The van der Waals surface area contributed by atoms with Crippen molar-refractivity contribution in [2.75, 3.05) is 0 Å². The molecule has 1 heterocycles. The van der Waals surface area contributed by atoms with E-state index in [2.05, 4.69) is 10.6 Å². The molecule has 6 nitrogen and oxygen atoms in total. The van der Waals surface area contributed by atoms with Crippen LogP contribution >= 0.6 is 0 Å². The van der Waals surface area contributed by atoms with Crippen LogP contribution in [-0.2, 0) is 9.53 Å². The molecule has 2 amide bonds. The SMILES string of the molecule is CC[C@@H](C)OC(=O)C1=C(C)NC(=O)N[C@@H]1c1ccccc1OC(C)C. The normalized spacial score (nSPS) is 18.5. The number of rotatable bonds is 6. The van der Waals surface area contributed by atoms with Crippen molar-refractivity contribution < 1.29 is 19.1 Å². The zero-order chi connectivity index (χ0) is 18.6. The lowest BCUT2D eigenvalue weighted by atomic mass is 9.94. The average molecular weight is 346 g/mol. The summed E-state index contributed by atoms with van der Waals surface area (Å²) in [5.41, 5.74) is 1.60. The Bertz CT molecular complexity index is 682. The van der Waals surface area contributed by atoms with Gasteiger partial charge >= 0.3 is 12.0 Å². The summed E-state index contributed by atoms with van der Waals surface area (Å²) >= 11 is 0. The van der Waals surface area contributed by atoms with Gasteiger partial charge in [-0.1, -0.05) is 25.1 Å². The molecule has 0 saturated carbocycles. The van der Waals surface area contributed by atoms with Crippen molar-refractivity contribution in [3.8, 4) is 5.75 Å². The van der Waals surface area contributed by atoms with Crippen molar-refractivity contribution in [2.45, 2.75) is 59.3 Å². The van der Waals surface area contributed by atoms with E-state index in [1.807, 2.05) is 52.0 Å². The lowest BCUT2D eigenvalue weighted by Gasteiger charge is -2.30. The third-order valence-electron chi connectivity index (χ3n) is 3.96. The fourth-order valence-electron chi connectivity index (χ4n) is 2.61. The van der Waals surface area contributed by atoms with E-state index in [-0.39, 0.29) is 18.2 Å². The third-order valence-corrected chi connectivity index (χ3v) is 3.96. The summed E-state index contributed by atoms with van der Waals surface area (Å²) in [4.78, 5) is 24.7. The van der Waals surface area contributed by atoms with Crippen molar-refractivity contribution in [3.05, 3.63) is 41.1 Å². The maximum atomic E-state index is 12.7. The largest absolute Gasteiger partial charge is 0.491 e. The van der Waals surface area contributed by atoms with Gasteiger partial charge in [0.15, 0.2) is 0 Å². The van der Waals surface area contributed by atoms with Crippen LogP contribution in [0.5, 0.6) is 5.75 Å². The predicted molar refractivity (Wildman–Crippen MR) is 95.2 cm³/mol. The molecule has 0 fully saturated rings. The van der Waals surface area contributed by atoms with Crippen LogP contribution in [0.4, 0.5) is 4.79 Å². The Hall–Kier alpha value is -2.50. The van der Waals surface area contributed by atoms with Gasteiger partial charge in [0.1, 0.15) is 5.75 Å². The minimum absolute atomic E-state index is 0.0286. The second kappa shape index (κ2) is 8.05. The molecule has 0 spiro atoms. The summed E-state index contributed by atoms with van der Waals surface area (Å²) in [6.45, 7) is 9.34. The first-order valence-corrected chi connectivity index (χ1v) is 8.58. The van der Waals surface area contributed by atoms with E-state index in [1.54, 1.807) is 6.92 Å². The fraction of sp³-hybridized carbons (Fsp3) is 0.474. The van der Waals surface area contributed by atoms with Crippen LogP contribution in [0, 0.1) is 0 Å². The standard InChI is InChI=1S/C19H26N2O4/c1-6-12(4)25-18(22)16-13(5)20-19(23)21-17(16)14-9-7-8-10-15(14)24-11(2)3/h7-12,17H,6H2,1-5H3,(H2,20,21,23)/t12-,17-/m1/s1. The number of hydrogen-bond acceptors (Lipinski definition) is 4. The molecule has 0 radical (unpaired) electrons. The number of esters is 1. The Morgan fingerprint density at radius 1 is 1.24 bits per heavy atom. The number of hydrogen-bond donors (Lipinski definition) is 2. The number of allylic oxidation sites excluding steroid dienone is 1. The molecule has 25 heavy (non-hydrogen) atoms. The lowest BCUT2D eigenvalue weighted by molar-refractivity contribution is -0.144. The molecule has 1 aliphatic heterocycles. The minimum Gasteiger partial charge on any atom is -0.491 e. The molecule has 1 aromatic rings. The van der Waals surface area contributed by atoms with Crippen LogP contribution in [0.25, 0.3) is 0 Å². The van der Waals surface area contributed by atoms with Crippen LogP contribution in [0.2, 0.25) is 0 Å². The second-order valence-corrected chi connectivity index (χ2v) is 6.40. The Balaban J connectivity index is 2.45. The summed E-state index contributed by atoms with van der Waals surface area (Å²) in [6.07, 6.45) is 0.489. The number of carbonyl (C=O) groups excluding carboxylic acids is 2. The molecular formula is C19H26N2O4. The number of amides is 2. The molecule has 0 aromatic heterocycles. The van der Waals surface area contributed by atoms with Crippen LogP contribution in [0.15, 0.2) is 35.5 Å². The van der Waals surface area contributed by atoms with Gasteiger partial charge in [0.2, 0.25) is 0 Å². The highest BCUT2D eigenvalue weighted by molar-refractivity contribution is 5.95. The van der Waals surface area contributed by atoms with Crippen LogP contribution < -0.4 is 15.4 Å². The van der Waals surface area contributed by atoms with Gasteiger partial charge in [0.25, 0.3) is 0 Å². The van der Waals surface area contributed by atoms with E-state index >= 15 is 0 Å². The van der Waals surface area contributed by atoms with Gasteiger partial charge < -0.3 is 20.1 Å². The molecular weight excluding hydrogens is 320 g/mol. The number of para-hydroxylation sites is 1. The highest BCUT2D eigenvalue weighted by atomic mass is 16.5. The van der Waals surface area contributed by atoms with Crippen molar-refractivity contribution in [2.24, 2.45) is 0 Å². The maximum absolute atomic E-state index is 12.7. The quantitative estimate of drug-likeness (QED) is 0.774. The van der Waals surface area contributed by atoms with Gasteiger partial charge in [0, 0.05) is 11.3 Å². The molecule has 0 unspecified atom stereocenters. The van der Waals surface area contributed by atoms with Gasteiger partial charge in [-0.05, 0) is 40.2 Å². The monoisotopic (exact) mass is 346 g/mol. The zero-order valence-electron chi connectivity index (χ0n) is 15.4. The molecule has 2 atom stereocenters. The molecule has 136 valence electrons. The Morgan fingerprint density at radius 3 is 2.56 bits per heavy atom. The molecule has 2 rings (SSSR count). The van der Waals surface area contributed by atoms with E-state index in [0.29, 0.717) is 17.0 Å². The number of nitrogens with one attached hydrogen (secondary N) is 2. The smallest absolute Gasteiger partial charge is 0.338 e. The van der Waals surface area contributed by atoms with Crippen molar-refractivity contribution in [3.63, 3.8) is 0 Å². The third kappa shape index (κ3) is 4.53. The van der Waals surface area contributed by atoms with E-state index < -0.39 is 12.0 Å². The predicted octanol–water partition coefficient (Wildman–Crippen LogP) is 3.44. The number of urea groups is 1. The van der Waals surface area contributed by atoms with E-state index in [9.17, 15) is 9.59 Å². The lowest BCUT2D eigenvalue weighted by Crippen LogP contribution is -2.45. The van der Waals surface area contributed by atoms with Gasteiger partial charge in [0.05, 0.1) is 23.8 Å². The molecule has 0 saturated heterocycles. The molecule has 0 bridgehead atoms. The first kappa shape index (κ1) is 18.8. The van der Waals surface area contributed by atoms with E-state index in [4.69, 9.17) is 9.47 Å². The van der Waals surface area contributed by atoms with Crippen molar-refractivity contribution >= 4 is 12.0 Å². The number of benzene rings is 1. The van der Waals surface area contributed by atoms with Gasteiger partial charge in [-0.15, -0.1) is 0 Å². The fourth-order valence-corrected chi connectivity index (χ4v) is 2.61. The van der Waals surface area contributed by atoms with Crippen LogP contribution in [-0.4, -0.2) is 24.2 Å². The first-order chi connectivity index (χ1) is 11.8. The summed E-state index contributed by atoms with van der Waals surface area (Å²) in [7, 11) is 0. The van der Waals surface area contributed by atoms with Gasteiger partial charge in [-0.25, -0.2) is 9.59 Å². The van der Waals surface area contributed by atoms with Crippen molar-refractivity contribution in [1.82, 2.24) is 10.6 Å². The highest BCUT2D eigenvalue weighted by Crippen LogP contribution is 2.34. The van der Waals surface area contributed by atoms with Gasteiger partial charge in [-0.2, -0.15) is 0 Å². The molecule has 0 aliphatic carbocycles. The second-order valence-electron chi connectivity index (χ2n) is 6.40. The first-order valence-electron chi connectivity index (χ1n) is 8.58.